The molecule has 112 valence electrons. The van der Waals surface area contributed by atoms with E-state index in [9.17, 15) is 4.79 Å². The average Bonchev–Trinajstić information content (AvgIpc) is 2.83. The van der Waals surface area contributed by atoms with Gasteiger partial charge in [-0.3, -0.25) is 9.69 Å². The minimum absolute atomic E-state index is 0. The van der Waals surface area contributed by atoms with E-state index in [1.807, 2.05) is 17.0 Å². The molecule has 1 aromatic carbocycles. The number of hydrogen-bond donors (Lipinski definition) is 1. The van der Waals surface area contributed by atoms with Gasteiger partial charge in [-0.15, -0.1) is 0 Å². The van der Waals surface area contributed by atoms with Gasteiger partial charge in [0.1, 0.15) is 12.4 Å². The molecular formula is C15H21ArNO3. The minimum Gasteiger partial charge on any atom is -0.492 e. The standard InChI is InChI=1S/C15H21NO3.Ar/c1-2-12-5-7-14(8-6-12)19-11-13-4-3-9-16(13)10-15(17)18;/h5-8,13H,2-4,9-11H2,1H3,(H,17,18);/t13-;/m0./s1. The van der Waals surface area contributed by atoms with Crippen LogP contribution in [0.1, 0.15) is 25.3 Å². The Balaban J connectivity index is 0.00000200. The number of ether oxygens (including phenoxy) is 1. The van der Waals surface area contributed by atoms with Crippen LogP contribution in [0.4, 0.5) is 0 Å². The molecule has 0 saturated carbocycles. The maximum Gasteiger partial charge on any atom is 0.317 e. The maximum absolute atomic E-state index is 10.8. The molecule has 0 radical (unpaired) electrons. The van der Waals surface area contributed by atoms with Gasteiger partial charge in [-0.05, 0) is 43.5 Å². The molecular weight excluding hydrogens is 282 g/mol. The second kappa shape index (κ2) is 8.88. The topological polar surface area (TPSA) is 49.8 Å². The van der Waals surface area contributed by atoms with Gasteiger partial charge in [0.25, 0.3) is 0 Å². The van der Waals surface area contributed by atoms with Crippen LogP contribution < -0.4 is 4.74 Å². The first-order valence-electron chi connectivity index (χ1n) is 6.86. The molecule has 0 bridgehead atoms. The van der Waals surface area contributed by atoms with Crippen molar-refractivity contribution in [3.05, 3.63) is 29.8 Å². The number of nitrogens with zero attached hydrogens (tertiary/aromatic N) is 1. The van der Waals surface area contributed by atoms with Gasteiger partial charge in [-0.25, -0.2) is 0 Å². The summed E-state index contributed by atoms with van der Waals surface area (Å²) < 4.78 is 5.77. The molecule has 5 heteroatoms. The molecule has 1 N–H and O–H groups in total. The van der Waals surface area contributed by atoms with Gasteiger partial charge >= 0.3 is 5.97 Å². The van der Waals surface area contributed by atoms with Gasteiger partial charge in [-0.1, -0.05) is 19.1 Å². The molecule has 1 aliphatic rings. The van der Waals surface area contributed by atoms with Gasteiger partial charge in [0, 0.05) is 43.8 Å². The van der Waals surface area contributed by atoms with Crippen molar-refractivity contribution in [2.45, 2.75) is 32.2 Å². The Kier molecular flexibility index (Phi) is 7.88. The number of carbonyl (C=O) groups is 1. The molecule has 2 rings (SSSR count). The second-order valence-corrected chi connectivity index (χ2v) is 4.97. The van der Waals surface area contributed by atoms with Crippen molar-refractivity contribution in [2.75, 3.05) is 19.7 Å². The quantitative estimate of drug-likeness (QED) is 0.875. The number of aliphatic carboxylic acids is 1. The Morgan fingerprint density at radius 3 is 2.70 bits per heavy atom. The fraction of sp³-hybridized carbons (Fsp3) is 0.533. The van der Waals surface area contributed by atoms with Crippen molar-refractivity contribution in [1.29, 1.82) is 0 Å². The summed E-state index contributed by atoms with van der Waals surface area (Å²) >= 11 is 0. The van der Waals surface area contributed by atoms with Crippen molar-refractivity contribution in [1.82, 2.24) is 4.90 Å². The number of benzene rings is 1. The molecule has 1 heterocycles. The average molecular weight is 303 g/mol. The third kappa shape index (κ3) is 5.24. The van der Waals surface area contributed by atoms with Gasteiger partial charge in [-0.2, -0.15) is 0 Å². The number of likely N-dealkylation sites (tertiary alicyclic amines) is 1. The van der Waals surface area contributed by atoms with E-state index in [2.05, 4.69) is 19.1 Å². The summed E-state index contributed by atoms with van der Waals surface area (Å²) in [5.41, 5.74) is 1.29. The number of carboxylic acids is 1. The van der Waals surface area contributed by atoms with E-state index in [0.29, 0.717) is 6.61 Å². The summed E-state index contributed by atoms with van der Waals surface area (Å²) in [6.45, 7) is 3.66. The molecule has 1 aliphatic heterocycles. The van der Waals surface area contributed by atoms with Gasteiger partial charge in [0.2, 0.25) is 0 Å². The summed E-state index contributed by atoms with van der Waals surface area (Å²) in [6, 6.07) is 8.32. The van der Waals surface area contributed by atoms with Crippen molar-refractivity contribution in [3.63, 3.8) is 0 Å². The summed E-state index contributed by atoms with van der Waals surface area (Å²) in [5.74, 6) is 0.0959. The number of carboxylic acid groups (broad SMARTS) is 1. The number of rotatable bonds is 6. The first-order valence-corrected chi connectivity index (χ1v) is 6.86. The number of aryl methyl sites for hydroxylation is 1. The molecule has 0 aromatic heterocycles. The van der Waals surface area contributed by atoms with E-state index < -0.39 is 5.97 Å². The Morgan fingerprint density at radius 2 is 2.10 bits per heavy atom. The molecule has 1 aromatic rings. The van der Waals surface area contributed by atoms with E-state index in [4.69, 9.17) is 9.84 Å². The van der Waals surface area contributed by atoms with Crippen LogP contribution in [0.2, 0.25) is 0 Å². The van der Waals surface area contributed by atoms with Crippen LogP contribution in [-0.4, -0.2) is 41.7 Å². The Morgan fingerprint density at radius 1 is 1.40 bits per heavy atom. The smallest absolute Gasteiger partial charge is 0.317 e. The fourth-order valence-electron chi connectivity index (χ4n) is 2.48. The van der Waals surface area contributed by atoms with Crippen molar-refractivity contribution in [3.8, 4) is 5.75 Å². The van der Waals surface area contributed by atoms with Crippen LogP contribution in [0.5, 0.6) is 5.75 Å². The molecule has 20 heavy (non-hydrogen) atoms. The van der Waals surface area contributed by atoms with Crippen molar-refractivity contribution >= 4 is 5.97 Å². The summed E-state index contributed by atoms with van der Waals surface area (Å²) in [5, 5.41) is 8.85. The first kappa shape index (κ1) is 17.8. The summed E-state index contributed by atoms with van der Waals surface area (Å²) in [4.78, 5) is 12.8. The normalized spacial score (nSPS) is 18.6. The predicted molar refractivity (Wildman–Crippen MR) is 73.5 cm³/mol. The van der Waals surface area contributed by atoms with Crippen LogP contribution in [0.3, 0.4) is 0 Å². The Hall–Kier alpha value is -0.290. The molecule has 1 atom stereocenters. The van der Waals surface area contributed by atoms with Crippen LogP contribution in [0.15, 0.2) is 24.3 Å². The Bertz CT molecular complexity index is 422. The monoisotopic (exact) mass is 303 g/mol. The maximum atomic E-state index is 10.8. The molecule has 0 aliphatic carbocycles. The van der Waals surface area contributed by atoms with Gasteiger partial charge in [0.15, 0.2) is 0 Å². The third-order valence-corrected chi connectivity index (χ3v) is 3.61. The SMILES string of the molecule is CCc1ccc(OC[C@@H]2CCCN2CC(=O)O)cc1.[Ar]. The molecule has 1 saturated heterocycles. The Labute approximate surface area is 150 Å². The molecule has 0 unspecified atom stereocenters. The van der Waals surface area contributed by atoms with Crippen LogP contribution in [0.25, 0.3) is 0 Å². The van der Waals surface area contributed by atoms with Gasteiger partial charge in [0.05, 0.1) is 6.54 Å². The van der Waals surface area contributed by atoms with Crippen LogP contribution in [0, 0.1) is 37.7 Å². The zero-order valence-corrected chi connectivity index (χ0v) is 12.4. The molecule has 0 amide bonds. The predicted octanol–water partition coefficient (Wildman–Crippen LogP) is 2.18. The zero-order chi connectivity index (χ0) is 13.7. The zero-order valence-electron chi connectivity index (χ0n) is 11.7. The van der Waals surface area contributed by atoms with Gasteiger partial charge < -0.3 is 9.84 Å². The third-order valence-electron chi connectivity index (χ3n) is 3.61. The van der Waals surface area contributed by atoms with E-state index in [1.54, 1.807) is 0 Å². The van der Waals surface area contributed by atoms with Crippen LogP contribution >= 0.6 is 0 Å². The molecule has 4 nitrogen and oxygen atoms in total. The van der Waals surface area contributed by atoms with Crippen LogP contribution in [-0.2, 0) is 11.2 Å². The fourth-order valence-corrected chi connectivity index (χ4v) is 2.48. The largest absolute Gasteiger partial charge is 0.492 e. The number of hydrogen-bond acceptors (Lipinski definition) is 3. The molecule has 1 fully saturated rings. The van der Waals surface area contributed by atoms with E-state index >= 15 is 0 Å². The van der Waals surface area contributed by atoms with Crippen molar-refractivity contribution < 1.29 is 52.4 Å². The van der Waals surface area contributed by atoms with Crippen molar-refractivity contribution in [2.24, 2.45) is 0 Å². The summed E-state index contributed by atoms with van der Waals surface area (Å²) in [7, 11) is 0. The summed E-state index contributed by atoms with van der Waals surface area (Å²) in [6.07, 6.45) is 3.09. The van der Waals surface area contributed by atoms with E-state index in [-0.39, 0.29) is 50.3 Å². The minimum atomic E-state index is -0.765. The molecule has 0 spiro atoms. The second-order valence-electron chi connectivity index (χ2n) is 4.97. The first-order chi connectivity index (χ1) is 9.19. The van der Waals surface area contributed by atoms with E-state index in [1.165, 1.54) is 5.56 Å². The van der Waals surface area contributed by atoms with E-state index in [0.717, 1.165) is 31.6 Å².